The van der Waals surface area contributed by atoms with E-state index in [9.17, 15) is 9.59 Å². The van der Waals surface area contributed by atoms with Gasteiger partial charge in [-0.2, -0.15) is 0 Å². The lowest BCUT2D eigenvalue weighted by atomic mass is 9.66. The predicted molar refractivity (Wildman–Crippen MR) is 98.9 cm³/mol. The van der Waals surface area contributed by atoms with Crippen LogP contribution in [-0.4, -0.2) is 46.8 Å². The molecule has 3 fully saturated rings. The van der Waals surface area contributed by atoms with Crippen LogP contribution in [0.15, 0.2) is 16.7 Å². The van der Waals surface area contributed by atoms with Gasteiger partial charge in [0, 0.05) is 36.2 Å². The molecular weight excluding hydrogens is 328 g/mol. The predicted octanol–water partition coefficient (Wildman–Crippen LogP) is 3.80. The molecule has 0 N–H and O–H groups in total. The van der Waals surface area contributed by atoms with E-state index in [4.69, 9.17) is 4.42 Å². The second-order valence-corrected chi connectivity index (χ2v) is 8.65. The van der Waals surface area contributed by atoms with Crippen molar-refractivity contribution >= 4 is 11.8 Å². The summed E-state index contributed by atoms with van der Waals surface area (Å²) in [4.78, 5) is 30.3. The molecule has 4 rings (SSSR count). The maximum absolute atomic E-state index is 13.2. The average molecular weight is 358 g/mol. The molecule has 2 unspecified atom stereocenters. The molecule has 2 aliphatic heterocycles. The first-order chi connectivity index (χ1) is 12.5. The first-order valence-corrected chi connectivity index (χ1v) is 10.2. The first-order valence-electron chi connectivity index (χ1n) is 10.2. The molecule has 2 atom stereocenters. The zero-order chi connectivity index (χ0) is 18.5. The number of nitrogens with zero attached hydrogens (tertiary/aromatic N) is 2. The Morgan fingerprint density at radius 3 is 2.38 bits per heavy atom. The van der Waals surface area contributed by atoms with E-state index < -0.39 is 0 Å². The summed E-state index contributed by atoms with van der Waals surface area (Å²) >= 11 is 0. The molecule has 1 aromatic rings. The second kappa shape index (κ2) is 6.43. The Morgan fingerprint density at radius 2 is 1.88 bits per heavy atom. The summed E-state index contributed by atoms with van der Waals surface area (Å²) in [6.07, 6.45) is 7.80. The Morgan fingerprint density at radius 1 is 1.23 bits per heavy atom. The van der Waals surface area contributed by atoms with Gasteiger partial charge in [0.15, 0.2) is 5.76 Å². The molecule has 0 aromatic carbocycles. The zero-order valence-corrected chi connectivity index (χ0v) is 16.2. The van der Waals surface area contributed by atoms with E-state index in [1.807, 2.05) is 11.0 Å². The number of fused-ring (bicyclic) bond motifs is 2. The Labute approximate surface area is 155 Å². The molecule has 1 saturated carbocycles. The molecule has 0 radical (unpaired) electrons. The van der Waals surface area contributed by atoms with Crippen molar-refractivity contribution in [3.63, 3.8) is 0 Å². The monoisotopic (exact) mass is 358 g/mol. The van der Waals surface area contributed by atoms with Gasteiger partial charge < -0.3 is 14.2 Å². The number of amides is 2. The Bertz CT molecular complexity index is 684. The molecule has 26 heavy (non-hydrogen) atoms. The third kappa shape index (κ3) is 2.58. The third-order valence-electron chi connectivity index (χ3n) is 6.96. The number of carbonyl (C=O) groups excluding carboxylic acids is 2. The summed E-state index contributed by atoms with van der Waals surface area (Å²) in [7, 11) is 0. The van der Waals surface area contributed by atoms with Crippen molar-refractivity contribution in [3.8, 4) is 0 Å². The van der Waals surface area contributed by atoms with Gasteiger partial charge in [0.25, 0.3) is 5.91 Å². The Hall–Kier alpha value is -1.78. The third-order valence-corrected chi connectivity index (χ3v) is 6.96. The minimum absolute atomic E-state index is 0.0171. The van der Waals surface area contributed by atoms with Crippen LogP contribution >= 0.6 is 0 Å². The SMILES string of the molecule is CCC1(C(=O)N2C3CCC2CN(C(=O)c2occc2C(C)C)C3)CCC1. The maximum atomic E-state index is 13.2. The number of hydrogen-bond acceptors (Lipinski definition) is 3. The van der Waals surface area contributed by atoms with Gasteiger partial charge in [0.05, 0.1) is 6.26 Å². The van der Waals surface area contributed by atoms with E-state index in [1.54, 1.807) is 6.26 Å². The van der Waals surface area contributed by atoms with Gasteiger partial charge >= 0.3 is 0 Å². The van der Waals surface area contributed by atoms with Crippen LogP contribution in [-0.2, 0) is 4.79 Å². The first kappa shape index (κ1) is 17.6. The van der Waals surface area contributed by atoms with Gasteiger partial charge in [-0.1, -0.05) is 27.2 Å². The highest BCUT2D eigenvalue weighted by Crippen LogP contribution is 2.47. The van der Waals surface area contributed by atoms with Crippen LogP contribution < -0.4 is 0 Å². The maximum Gasteiger partial charge on any atom is 0.289 e. The van der Waals surface area contributed by atoms with Crippen molar-refractivity contribution in [2.75, 3.05) is 13.1 Å². The minimum Gasteiger partial charge on any atom is -0.459 e. The largest absolute Gasteiger partial charge is 0.459 e. The molecule has 5 heteroatoms. The van der Waals surface area contributed by atoms with Crippen molar-refractivity contribution in [1.29, 1.82) is 0 Å². The normalized spacial score (nSPS) is 26.9. The summed E-state index contributed by atoms with van der Waals surface area (Å²) < 4.78 is 5.53. The van der Waals surface area contributed by atoms with E-state index in [0.717, 1.165) is 37.7 Å². The molecule has 3 aliphatic rings. The van der Waals surface area contributed by atoms with Crippen molar-refractivity contribution in [3.05, 3.63) is 23.7 Å². The van der Waals surface area contributed by atoms with Gasteiger partial charge in [0.2, 0.25) is 5.91 Å². The van der Waals surface area contributed by atoms with Crippen LogP contribution in [0.1, 0.15) is 81.3 Å². The molecule has 1 aromatic heterocycles. The minimum atomic E-state index is -0.112. The standard InChI is InChI=1S/C21H30N2O3/c1-4-21(9-5-10-21)20(25)23-15-6-7-16(23)13-22(12-15)19(24)18-17(14(2)3)8-11-26-18/h8,11,14-16H,4-7,9-10,12-13H2,1-3H3. The van der Waals surface area contributed by atoms with Gasteiger partial charge in [-0.05, 0) is 44.1 Å². The number of hydrogen-bond donors (Lipinski definition) is 0. The van der Waals surface area contributed by atoms with Gasteiger partial charge in [-0.15, -0.1) is 0 Å². The van der Waals surface area contributed by atoms with Crippen LogP contribution in [0.25, 0.3) is 0 Å². The fourth-order valence-electron chi connectivity index (χ4n) is 5.09. The lowest BCUT2D eigenvalue weighted by Crippen LogP contribution is -2.61. The van der Waals surface area contributed by atoms with Crippen LogP contribution in [0.4, 0.5) is 0 Å². The smallest absolute Gasteiger partial charge is 0.289 e. The number of furan rings is 1. The van der Waals surface area contributed by atoms with Crippen molar-refractivity contribution in [2.24, 2.45) is 5.41 Å². The van der Waals surface area contributed by atoms with Crippen LogP contribution in [0.2, 0.25) is 0 Å². The van der Waals surface area contributed by atoms with E-state index in [1.165, 1.54) is 6.42 Å². The second-order valence-electron chi connectivity index (χ2n) is 8.65. The molecule has 2 bridgehead atoms. The molecule has 2 saturated heterocycles. The number of likely N-dealkylation sites (tertiary alicyclic amines) is 1. The Kier molecular flexibility index (Phi) is 4.36. The quantitative estimate of drug-likeness (QED) is 0.823. The lowest BCUT2D eigenvalue weighted by molar-refractivity contribution is -0.153. The van der Waals surface area contributed by atoms with Crippen LogP contribution in [0.3, 0.4) is 0 Å². The Balaban J connectivity index is 1.51. The molecule has 0 spiro atoms. The topological polar surface area (TPSA) is 53.8 Å². The molecule has 5 nitrogen and oxygen atoms in total. The van der Waals surface area contributed by atoms with Gasteiger partial charge in [-0.25, -0.2) is 0 Å². The fourth-order valence-corrected chi connectivity index (χ4v) is 5.09. The van der Waals surface area contributed by atoms with Crippen molar-refractivity contribution in [2.45, 2.75) is 77.3 Å². The number of carbonyl (C=O) groups is 2. The molecular formula is C21H30N2O3. The van der Waals surface area contributed by atoms with Gasteiger partial charge in [-0.3, -0.25) is 9.59 Å². The molecule has 142 valence electrons. The summed E-state index contributed by atoms with van der Waals surface area (Å²) in [6.45, 7) is 7.57. The highest BCUT2D eigenvalue weighted by atomic mass is 16.3. The van der Waals surface area contributed by atoms with E-state index in [2.05, 4.69) is 25.7 Å². The fraction of sp³-hybridized carbons (Fsp3) is 0.714. The van der Waals surface area contributed by atoms with Crippen LogP contribution in [0, 0.1) is 5.41 Å². The summed E-state index contributed by atoms with van der Waals surface area (Å²) in [6, 6.07) is 2.24. The van der Waals surface area contributed by atoms with Gasteiger partial charge in [0.1, 0.15) is 0 Å². The van der Waals surface area contributed by atoms with Crippen molar-refractivity contribution < 1.29 is 14.0 Å². The van der Waals surface area contributed by atoms with Crippen molar-refractivity contribution in [1.82, 2.24) is 9.80 Å². The summed E-state index contributed by atoms with van der Waals surface area (Å²) in [5, 5.41) is 0. The van der Waals surface area contributed by atoms with Crippen LogP contribution in [0.5, 0.6) is 0 Å². The average Bonchev–Trinajstić information content (AvgIpc) is 3.16. The molecule has 3 heterocycles. The summed E-state index contributed by atoms with van der Waals surface area (Å²) in [5.41, 5.74) is 0.860. The summed E-state index contributed by atoms with van der Waals surface area (Å²) in [5.74, 6) is 1.07. The molecule has 1 aliphatic carbocycles. The lowest BCUT2D eigenvalue weighted by Gasteiger charge is -2.48. The van der Waals surface area contributed by atoms with E-state index in [0.29, 0.717) is 24.8 Å². The highest BCUT2D eigenvalue weighted by molar-refractivity contribution is 5.93. The highest BCUT2D eigenvalue weighted by Gasteiger charge is 2.52. The van der Waals surface area contributed by atoms with E-state index >= 15 is 0 Å². The zero-order valence-electron chi connectivity index (χ0n) is 16.2. The number of rotatable bonds is 4. The molecule has 2 amide bonds. The number of piperazine rings is 1. The van der Waals surface area contributed by atoms with E-state index in [-0.39, 0.29) is 29.3 Å².